The minimum absolute atomic E-state index is 0.104. The van der Waals surface area contributed by atoms with Crippen LogP contribution in [0.4, 0.5) is 0 Å². The van der Waals surface area contributed by atoms with Gasteiger partial charge in [0.2, 0.25) is 0 Å². The fourth-order valence-electron chi connectivity index (χ4n) is 3.29. The molecular weight excluding hydrogens is 310 g/mol. The first-order chi connectivity index (χ1) is 12.1. The topological polar surface area (TPSA) is 29.5 Å². The van der Waals surface area contributed by atoms with Crippen LogP contribution in [0.5, 0.6) is 0 Å². The zero-order valence-electron chi connectivity index (χ0n) is 17.7. The highest BCUT2D eigenvalue weighted by molar-refractivity contribution is 5.66. The van der Waals surface area contributed by atoms with Crippen LogP contribution in [-0.4, -0.2) is 37.6 Å². The number of ether oxygens (including phenoxy) is 1. The van der Waals surface area contributed by atoms with E-state index in [4.69, 9.17) is 4.74 Å². The van der Waals surface area contributed by atoms with Crippen molar-refractivity contribution in [3.63, 3.8) is 0 Å². The molecule has 0 spiro atoms. The Morgan fingerprint density at radius 3 is 1.60 bits per heavy atom. The van der Waals surface area contributed by atoms with E-state index in [0.29, 0.717) is 0 Å². The van der Waals surface area contributed by atoms with Crippen LogP contribution in [0.1, 0.15) is 110 Å². The van der Waals surface area contributed by atoms with Crippen molar-refractivity contribution in [2.45, 2.75) is 116 Å². The minimum Gasteiger partial charge on any atom is -0.463 e. The first-order valence-electron chi connectivity index (χ1n) is 10.9. The van der Waals surface area contributed by atoms with Crippen LogP contribution in [0.3, 0.4) is 0 Å². The summed E-state index contributed by atoms with van der Waals surface area (Å²) >= 11 is 0. The molecule has 3 nitrogen and oxygen atoms in total. The molecule has 3 heteroatoms. The highest BCUT2D eigenvalue weighted by Gasteiger charge is 2.12. The van der Waals surface area contributed by atoms with Crippen LogP contribution < -0.4 is 0 Å². The highest BCUT2D eigenvalue weighted by atomic mass is 16.5. The molecule has 150 valence electrons. The van der Waals surface area contributed by atoms with Crippen LogP contribution >= 0.6 is 0 Å². The summed E-state index contributed by atoms with van der Waals surface area (Å²) in [6.45, 7) is 4.78. The number of unbranched alkanes of at least 4 members (excludes halogenated alkanes) is 12. The molecule has 0 amide bonds. The third-order valence-corrected chi connectivity index (χ3v) is 4.86. The number of rotatable bonds is 18. The fraction of sp³-hybridized carbons (Fsp3) is 0.955. The zero-order chi connectivity index (χ0) is 18.8. The summed E-state index contributed by atoms with van der Waals surface area (Å²) in [7, 11) is 4.13. The van der Waals surface area contributed by atoms with E-state index in [2.05, 4.69) is 25.9 Å². The Balaban J connectivity index is 3.42. The molecule has 0 aromatic heterocycles. The van der Waals surface area contributed by atoms with Crippen molar-refractivity contribution >= 4 is 5.97 Å². The maximum absolute atomic E-state index is 11.2. The van der Waals surface area contributed by atoms with Gasteiger partial charge in [0.25, 0.3) is 0 Å². The average Bonchev–Trinajstić information content (AvgIpc) is 2.56. The summed E-state index contributed by atoms with van der Waals surface area (Å²) in [6, 6.07) is 0. The summed E-state index contributed by atoms with van der Waals surface area (Å²) in [4.78, 5) is 13.3. The molecule has 0 bridgehead atoms. The lowest BCUT2D eigenvalue weighted by Gasteiger charge is -2.19. The Kier molecular flexibility index (Phi) is 17.8. The molecule has 0 radical (unpaired) electrons. The first-order valence-corrected chi connectivity index (χ1v) is 10.9. The number of carbonyl (C=O) groups is 1. The van der Waals surface area contributed by atoms with E-state index < -0.39 is 0 Å². The SMILES string of the molecule is CCCCCCCCCCCCCCC[C@H](CCN(C)C)OC(C)=O. The van der Waals surface area contributed by atoms with Gasteiger partial charge in [0.15, 0.2) is 0 Å². The number of hydrogen-bond acceptors (Lipinski definition) is 3. The van der Waals surface area contributed by atoms with Gasteiger partial charge < -0.3 is 9.64 Å². The molecule has 0 unspecified atom stereocenters. The molecular formula is C22H45NO2. The number of carbonyl (C=O) groups excluding carboxylic acids is 1. The Labute approximate surface area is 157 Å². The summed E-state index contributed by atoms with van der Waals surface area (Å²) in [5, 5.41) is 0. The van der Waals surface area contributed by atoms with Gasteiger partial charge in [0, 0.05) is 13.5 Å². The van der Waals surface area contributed by atoms with Gasteiger partial charge >= 0.3 is 5.97 Å². The van der Waals surface area contributed by atoms with Crippen LogP contribution in [0.15, 0.2) is 0 Å². The lowest BCUT2D eigenvalue weighted by atomic mass is 10.0. The van der Waals surface area contributed by atoms with Gasteiger partial charge in [-0.15, -0.1) is 0 Å². The Morgan fingerprint density at radius 2 is 1.20 bits per heavy atom. The average molecular weight is 356 g/mol. The standard InChI is InChI=1S/C22H45NO2/c1-5-6-7-8-9-10-11-12-13-14-15-16-17-18-22(25-21(2)24)19-20-23(3)4/h22H,5-20H2,1-4H3/t22-/m1/s1. The Morgan fingerprint density at radius 1 is 0.760 bits per heavy atom. The zero-order valence-corrected chi connectivity index (χ0v) is 17.7. The van der Waals surface area contributed by atoms with Crippen molar-refractivity contribution in [1.29, 1.82) is 0 Å². The summed E-state index contributed by atoms with van der Waals surface area (Å²) in [6.07, 6.45) is 19.9. The monoisotopic (exact) mass is 355 g/mol. The predicted octanol–water partition coefficient (Wildman–Crippen LogP) is 6.35. The van der Waals surface area contributed by atoms with Crippen molar-refractivity contribution in [2.75, 3.05) is 20.6 Å². The largest absolute Gasteiger partial charge is 0.463 e. The van der Waals surface area contributed by atoms with Gasteiger partial charge in [-0.2, -0.15) is 0 Å². The van der Waals surface area contributed by atoms with Crippen molar-refractivity contribution in [3.05, 3.63) is 0 Å². The molecule has 0 aromatic carbocycles. The fourth-order valence-corrected chi connectivity index (χ4v) is 3.29. The van der Waals surface area contributed by atoms with Gasteiger partial charge in [0.1, 0.15) is 6.10 Å². The molecule has 25 heavy (non-hydrogen) atoms. The van der Waals surface area contributed by atoms with Gasteiger partial charge in [0.05, 0.1) is 0 Å². The summed E-state index contributed by atoms with van der Waals surface area (Å²) < 4.78 is 5.44. The van der Waals surface area contributed by atoms with E-state index in [1.807, 2.05) is 0 Å². The second kappa shape index (κ2) is 18.2. The van der Waals surface area contributed by atoms with Crippen LogP contribution in [0.25, 0.3) is 0 Å². The molecule has 0 saturated heterocycles. The maximum atomic E-state index is 11.2. The number of nitrogens with zero attached hydrogens (tertiary/aromatic N) is 1. The smallest absolute Gasteiger partial charge is 0.302 e. The molecule has 0 aromatic rings. The second-order valence-electron chi connectivity index (χ2n) is 7.85. The van der Waals surface area contributed by atoms with Crippen molar-refractivity contribution in [3.8, 4) is 0 Å². The normalized spacial score (nSPS) is 12.5. The molecule has 0 saturated carbocycles. The van der Waals surface area contributed by atoms with E-state index in [1.54, 1.807) is 0 Å². The molecule has 0 aliphatic rings. The first kappa shape index (κ1) is 24.4. The van der Waals surface area contributed by atoms with Crippen molar-refractivity contribution in [1.82, 2.24) is 4.90 Å². The van der Waals surface area contributed by atoms with E-state index in [0.717, 1.165) is 19.4 Å². The third-order valence-electron chi connectivity index (χ3n) is 4.86. The molecule has 0 aliphatic carbocycles. The van der Waals surface area contributed by atoms with E-state index >= 15 is 0 Å². The molecule has 0 aliphatic heterocycles. The Hall–Kier alpha value is -0.570. The Bertz CT molecular complexity index is 292. The van der Waals surface area contributed by atoms with Gasteiger partial charge in [-0.25, -0.2) is 0 Å². The van der Waals surface area contributed by atoms with Crippen molar-refractivity contribution in [2.24, 2.45) is 0 Å². The molecule has 0 rings (SSSR count). The van der Waals surface area contributed by atoms with E-state index in [1.165, 1.54) is 90.4 Å². The minimum atomic E-state index is -0.140. The number of esters is 1. The molecule has 0 N–H and O–H groups in total. The van der Waals surface area contributed by atoms with Crippen LogP contribution in [-0.2, 0) is 9.53 Å². The summed E-state index contributed by atoms with van der Waals surface area (Å²) in [5.41, 5.74) is 0. The van der Waals surface area contributed by atoms with Gasteiger partial charge in [-0.05, 0) is 33.4 Å². The number of hydrogen-bond donors (Lipinski definition) is 0. The van der Waals surface area contributed by atoms with Crippen LogP contribution in [0.2, 0.25) is 0 Å². The lowest BCUT2D eigenvalue weighted by Crippen LogP contribution is -2.23. The van der Waals surface area contributed by atoms with Crippen LogP contribution in [0, 0.1) is 0 Å². The predicted molar refractivity (Wildman–Crippen MR) is 109 cm³/mol. The van der Waals surface area contributed by atoms with E-state index in [-0.39, 0.29) is 12.1 Å². The van der Waals surface area contributed by atoms with E-state index in [9.17, 15) is 4.79 Å². The lowest BCUT2D eigenvalue weighted by molar-refractivity contribution is -0.147. The van der Waals surface area contributed by atoms with Gasteiger partial charge in [-0.1, -0.05) is 84.0 Å². The molecule has 0 heterocycles. The molecule has 0 fully saturated rings. The van der Waals surface area contributed by atoms with Crippen molar-refractivity contribution < 1.29 is 9.53 Å². The van der Waals surface area contributed by atoms with Gasteiger partial charge in [-0.3, -0.25) is 4.79 Å². The maximum Gasteiger partial charge on any atom is 0.302 e. The highest BCUT2D eigenvalue weighted by Crippen LogP contribution is 2.15. The second-order valence-corrected chi connectivity index (χ2v) is 7.85. The summed E-state index contributed by atoms with van der Waals surface area (Å²) in [5.74, 6) is -0.140. The third kappa shape index (κ3) is 19.6. The molecule has 1 atom stereocenters. The quantitative estimate of drug-likeness (QED) is 0.212.